The lowest BCUT2D eigenvalue weighted by atomic mass is 9.88. The molecule has 1 fully saturated rings. The van der Waals surface area contributed by atoms with Crippen molar-refractivity contribution in [2.75, 3.05) is 18.0 Å². The number of rotatable bonds is 2. The van der Waals surface area contributed by atoms with Gasteiger partial charge in [0.25, 0.3) is 5.56 Å². The van der Waals surface area contributed by atoms with Gasteiger partial charge in [0.15, 0.2) is 0 Å². The van der Waals surface area contributed by atoms with Crippen LogP contribution in [0.2, 0.25) is 0 Å². The van der Waals surface area contributed by atoms with Crippen molar-refractivity contribution in [1.29, 1.82) is 0 Å². The summed E-state index contributed by atoms with van der Waals surface area (Å²) in [7, 11) is 0. The molecule has 0 radical (unpaired) electrons. The predicted octanol–water partition coefficient (Wildman–Crippen LogP) is -0.163. The standard InChI is InChI=1S/C15H19N5O3/c1-10-8-20(14(22)18-12(10)21)11-9-19(7-4-15(11,2)23)13-16-5-3-6-17-13/h3,5-6,8,11,23H,4,7,9H2,1-2H3,(H,18,21,22)/t11-,15-/m1/s1. The molecule has 122 valence electrons. The van der Waals surface area contributed by atoms with E-state index in [1.165, 1.54) is 10.8 Å². The maximum atomic E-state index is 12.2. The number of aromatic amines is 1. The summed E-state index contributed by atoms with van der Waals surface area (Å²) in [6, 6.07) is 1.22. The molecular formula is C15H19N5O3. The Morgan fingerprint density at radius 2 is 2.04 bits per heavy atom. The number of aliphatic hydroxyl groups is 1. The van der Waals surface area contributed by atoms with Gasteiger partial charge in [-0.3, -0.25) is 14.3 Å². The fourth-order valence-electron chi connectivity index (χ4n) is 2.87. The highest BCUT2D eigenvalue weighted by Gasteiger charge is 2.40. The molecule has 0 spiro atoms. The zero-order valence-corrected chi connectivity index (χ0v) is 13.1. The normalized spacial score (nSPS) is 24.7. The first-order chi connectivity index (χ1) is 10.9. The highest BCUT2D eigenvalue weighted by atomic mass is 16.3. The molecule has 0 unspecified atom stereocenters. The minimum absolute atomic E-state index is 0.377. The minimum atomic E-state index is -1.07. The fourth-order valence-corrected chi connectivity index (χ4v) is 2.87. The van der Waals surface area contributed by atoms with E-state index in [0.29, 0.717) is 31.0 Å². The first kappa shape index (κ1) is 15.4. The van der Waals surface area contributed by atoms with Gasteiger partial charge in [-0.1, -0.05) is 0 Å². The molecular weight excluding hydrogens is 298 g/mol. The van der Waals surface area contributed by atoms with Crippen LogP contribution in [0.5, 0.6) is 0 Å². The third-order valence-electron chi connectivity index (χ3n) is 4.32. The van der Waals surface area contributed by atoms with Crippen molar-refractivity contribution in [2.45, 2.75) is 31.9 Å². The van der Waals surface area contributed by atoms with Crippen molar-refractivity contribution in [2.24, 2.45) is 0 Å². The first-order valence-electron chi connectivity index (χ1n) is 7.45. The van der Waals surface area contributed by atoms with Gasteiger partial charge in [-0.25, -0.2) is 14.8 Å². The Hall–Kier alpha value is -2.48. The summed E-state index contributed by atoms with van der Waals surface area (Å²) in [5.41, 5.74) is -1.58. The largest absolute Gasteiger partial charge is 0.388 e. The number of nitrogens with one attached hydrogen (secondary N) is 1. The average molecular weight is 317 g/mol. The topological polar surface area (TPSA) is 104 Å². The molecule has 0 saturated carbocycles. The van der Waals surface area contributed by atoms with Crippen molar-refractivity contribution in [3.05, 3.63) is 51.1 Å². The highest BCUT2D eigenvalue weighted by molar-refractivity contribution is 5.31. The highest BCUT2D eigenvalue weighted by Crippen LogP contribution is 2.31. The number of hydrogen-bond donors (Lipinski definition) is 2. The second-order valence-electron chi connectivity index (χ2n) is 6.10. The predicted molar refractivity (Wildman–Crippen MR) is 84.6 cm³/mol. The van der Waals surface area contributed by atoms with E-state index in [4.69, 9.17) is 0 Å². The van der Waals surface area contributed by atoms with E-state index in [0.717, 1.165) is 0 Å². The molecule has 0 aromatic carbocycles. The average Bonchev–Trinajstić information content (AvgIpc) is 2.52. The lowest BCUT2D eigenvalue weighted by Crippen LogP contribution is -2.54. The second-order valence-corrected chi connectivity index (χ2v) is 6.10. The van der Waals surface area contributed by atoms with E-state index < -0.39 is 22.9 Å². The quantitative estimate of drug-likeness (QED) is 0.797. The molecule has 23 heavy (non-hydrogen) atoms. The number of anilines is 1. The van der Waals surface area contributed by atoms with Crippen molar-refractivity contribution >= 4 is 5.95 Å². The number of nitrogens with zero attached hydrogens (tertiary/aromatic N) is 4. The van der Waals surface area contributed by atoms with Crippen LogP contribution in [-0.2, 0) is 0 Å². The monoisotopic (exact) mass is 317 g/mol. The summed E-state index contributed by atoms with van der Waals surface area (Å²) in [6.07, 6.45) is 5.26. The maximum Gasteiger partial charge on any atom is 0.328 e. The van der Waals surface area contributed by atoms with Gasteiger partial charge in [0.1, 0.15) is 0 Å². The molecule has 2 aromatic rings. The molecule has 1 saturated heterocycles. The number of aryl methyl sites for hydroxylation is 1. The van der Waals surface area contributed by atoms with Crippen LogP contribution in [0.4, 0.5) is 5.95 Å². The van der Waals surface area contributed by atoms with Crippen molar-refractivity contribution in [3.8, 4) is 0 Å². The Bertz CT molecular complexity index is 812. The Balaban J connectivity index is 2.00. The van der Waals surface area contributed by atoms with Gasteiger partial charge in [-0.15, -0.1) is 0 Å². The number of H-pyrrole nitrogens is 1. The van der Waals surface area contributed by atoms with Gasteiger partial charge >= 0.3 is 5.69 Å². The van der Waals surface area contributed by atoms with E-state index in [1.807, 2.05) is 4.90 Å². The number of piperidine rings is 1. The second kappa shape index (κ2) is 5.62. The minimum Gasteiger partial charge on any atom is -0.388 e. The fraction of sp³-hybridized carbons (Fsp3) is 0.467. The van der Waals surface area contributed by atoms with E-state index >= 15 is 0 Å². The van der Waals surface area contributed by atoms with Crippen LogP contribution in [0.15, 0.2) is 34.2 Å². The molecule has 2 aromatic heterocycles. The number of hydrogen-bond acceptors (Lipinski definition) is 6. The molecule has 3 rings (SSSR count). The maximum absolute atomic E-state index is 12.2. The van der Waals surface area contributed by atoms with Gasteiger partial charge in [0.2, 0.25) is 5.95 Å². The Morgan fingerprint density at radius 3 is 2.74 bits per heavy atom. The van der Waals surface area contributed by atoms with Crippen LogP contribution in [0.3, 0.4) is 0 Å². The van der Waals surface area contributed by atoms with Crippen LogP contribution in [0, 0.1) is 6.92 Å². The lowest BCUT2D eigenvalue weighted by molar-refractivity contribution is -0.0126. The van der Waals surface area contributed by atoms with Crippen LogP contribution >= 0.6 is 0 Å². The van der Waals surface area contributed by atoms with Crippen molar-refractivity contribution < 1.29 is 5.11 Å². The molecule has 1 aliphatic heterocycles. The molecule has 0 aliphatic carbocycles. The first-order valence-corrected chi connectivity index (χ1v) is 7.45. The van der Waals surface area contributed by atoms with Crippen molar-refractivity contribution in [3.63, 3.8) is 0 Å². The van der Waals surface area contributed by atoms with Gasteiger partial charge in [-0.2, -0.15) is 0 Å². The van der Waals surface area contributed by atoms with Crippen molar-refractivity contribution in [1.82, 2.24) is 19.5 Å². The SMILES string of the molecule is Cc1cn([C@@H]2CN(c3ncccn3)CC[C@@]2(C)O)c(=O)[nH]c1=O. The summed E-state index contributed by atoms with van der Waals surface area (Å²) in [4.78, 5) is 36.4. The summed E-state index contributed by atoms with van der Waals surface area (Å²) >= 11 is 0. The van der Waals surface area contributed by atoms with Crippen LogP contribution in [-0.4, -0.2) is 43.3 Å². The smallest absolute Gasteiger partial charge is 0.328 e. The molecule has 2 N–H and O–H groups in total. The summed E-state index contributed by atoms with van der Waals surface area (Å²) in [5, 5.41) is 10.7. The Kier molecular flexibility index (Phi) is 3.77. The summed E-state index contributed by atoms with van der Waals surface area (Å²) < 4.78 is 1.39. The molecule has 0 amide bonds. The zero-order chi connectivity index (χ0) is 16.6. The van der Waals surface area contributed by atoms with Gasteiger partial charge in [-0.05, 0) is 26.3 Å². The zero-order valence-electron chi connectivity index (χ0n) is 13.1. The molecule has 0 bridgehead atoms. The van der Waals surface area contributed by atoms with Crippen LogP contribution in [0.25, 0.3) is 0 Å². The summed E-state index contributed by atoms with van der Waals surface area (Å²) in [6.45, 7) is 4.30. The third kappa shape index (κ3) is 2.89. The van der Waals surface area contributed by atoms with E-state index in [-0.39, 0.29) is 0 Å². The van der Waals surface area contributed by atoms with Crippen LogP contribution < -0.4 is 16.1 Å². The van der Waals surface area contributed by atoms with Gasteiger partial charge in [0, 0.05) is 37.2 Å². The molecule has 1 aliphatic rings. The van der Waals surface area contributed by atoms with E-state index in [2.05, 4.69) is 15.0 Å². The van der Waals surface area contributed by atoms with E-state index in [1.54, 1.807) is 32.3 Å². The molecule has 2 atom stereocenters. The van der Waals surface area contributed by atoms with Crippen LogP contribution in [0.1, 0.15) is 24.9 Å². The van der Waals surface area contributed by atoms with E-state index in [9.17, 15) is 14.7 Å². The Morgan fingerprint density at radius 1 is 1.35 bits per heavy atom. The van der Waals surface area contributed by atoms with Gasteiger partial charge in [0.05, 0.1) is 11.6 Å². The Labute approximate surface area is 132 Å². The van der Waals surface area contributed by atoms with Gasteiger partial charge < -0.3 is 10.0 Å². The molecule has 8 heteroatoms. The number of aromatic nitrogens is 4. The lowest BCUT2D eigenvalue weighted by Gasteiger charge is -2.43. The molecule has 3 heterocycles. The molecule has 8 nitrogen and oxygen atoms in total. The third-order valence-corrected chi connectivity index (χ3v) is 4.32. The summed E-state index contributed by atoms with van der Waals surface area (Å²) in [5.74, 6) is 0.558.